The molecule has 1 amide bonds. The van der Waals surface area contributed by atoms with E-state index in [1.54, 1.807) is 0 Å². The average Bonchev–Trinajstić information content (AvgIpc) is 2.59. The number of hydrogen-bond acceptors (Lipinski definition) is 3. The number of nitrogens with two attached hydrogens (primary N) is 1. The summed E-state index contributed by atoms with van der Waals surface area (Å²) < 4.78 is 0. The van der Waals surface area contributed by atoms with Gasteiger partial charge in [-0.05, 0) is 19.8 Å². The van der Waals surface area contributed by atoms with Crippen LogP contribution in [0.15, 0.2) is 0 Å². The summed E-state index contributed by atoms with van der Waals surface area (Å²) in [6.45, 7) is 4.23. The number of halogens is 1. The minimum atomic E-state index is -0.240. The van der Waals surface area contributed by atoms with Crippen molar-refractivity contribution in [2.45, 2.75) is 45.3 Å². The molecular formula is C11H23ClN2O2. The first-order valence-electron chi connectivity index (χ1n) is 5.73. The summed E-state index contributed by atoms with van der Waals surface area (Å²) in [7, 11) is 0. The van der Waals surface area contributed by atoms with Crippen molar-refractivity contribution in [2.24, 2.45) is 17.6 Å². The molecule has 1 aliphatic rings. The van der Waals surface area contributed by atoms with Crippen LogP contribution >= 0.6 is 12.4 Å². The van der Waals surface area contributed by atoms with Crippen LogP contribution in [0, 0.1) is 11.8 Å². The van der Waals surface area contributed by atoms with Gasteiger partial charge in [0.1, 0.15) is 0 Å². The summed E-state index contributed by atoms with van der Waals surface area (Å²) in [5.41, 5.74) is 5.64. The van der Waals surface area contributed by atoms with Crippen molar-refractivity contribution in [1.82, 2.24) is 5.32 Å². The lowest BCUT2D eigenvalue weighted by molar-refractivity contribution is -0.125. The fourth-order valence-electron chi connectivity index (χ4n) is 1.89. The molecule has 0 aromatic carbocycles. The largest absolute Gasteiger partial charge is 0.393 e. The van der Waals surface area contributed by atoms with Gasteiger partial charge in [-0.1, -0.05) is 13.3 Å². The Balaban J connectivity index is 0.00000225. The first-order chi connectivity index (χ1) is 7.02. The Morgan fingerprint density at radius 2 is 2.12 bits per heavy atom. The van der Waals surface area contributed by atoms with Crippen LogP contribution in [0.3, 0.4) is 0 Å². The molecule has 1 saturated carbocycles. The lowest BCUT2D eigenvalue weighted by Crippen LogP contribution is -2.41. The molecule has 0 bridgehead atoms. The molecule has 96 valence electrons. The molecule has 0 saturated heterocycles. The summed E-state index contributed by atoms with van der Waals surface area (Å²) in [4.78, 5) is 11.6. The summed E-state index contributed by atoms with van der Waals surface area (Å²) in [6, 6.07) is -0.126. The van der Waals surface area contributed by atoms with Gasteiger partial charge in [0.25, 0.3) is 0 Å². The lowest BCUT2D eigenvalue weighted by atomic mass is 10.0. The SMILES string of the molecule is CC(N)C(C)C(=O)NCC1CCCC1O.Cl. The highest BCUT2D eigenvalue weighted by molar-refractivity contribution is 5.85. The molecule has 1 aliphatic carbocycles. The van der Waals surface area contributed by atoms with Crippen molar-refractivity contribution >= 4 is 18.3 Å². The van der Waals surface area contributed by atoms with Gasteiger partial charge in [-0.25, -0.2) is 0 Å². The van der Waals surface area contributed by atoms with Gasteiger partial charge in [-0.3, -0.25) is 4.79 Å². The van der Waals surface area contributed by atoms with Crippen molar-refractivity contribution in [2.75, 3.05) is 6.54 Å². The predicted octanol–water partition coefficient (Wildman–Crippen LogP) is 0.669. The third kappa shape index (κ3) is 4.28. The lowest BCUT2D eigenvalue weighted by Gasteiger charge is -2.19. The van der Waals surface area contributed by atoms with Crippen molar-refractivity contribution < 1.29 is 9.90 Å². The van der Waals surface area contributed by atoms with Gasteiger partial charge in [0.15, 0.2) is 0 Å². The van der Waals surface area contributed by atoms with E-state index in [0.29, 0.717) is 6.54 Å². The third-order valence-corrected chi connectivity index (χ3v) is 3.36. The van der Waals surface area contributed by atoms with Gasteiger partial charge in [-0.2, -0.15) is 0 Å². The number of nitrogens with one attached hydrogen (secondary N) is 1. The highest BCUT2D eigenvalue weighted by atomic mass is 35.5. The van der Waals surface area contributed by atoms with E-state index >= 15 is 0 Å². The Bertz CT molecular complexity index is 224. The van der Waals surface area contributed by atoms with Crippen molar-refractivity contribution in [3.63, 3.8) is 0 Å². The molecule has 1 rings (SSSR count). The Morgan fingerprint density at radius 1 is 1.50 bits per heavy atom. The molecule has 4 nitrogen and oxygen atoms in total. The Labute approximate surface area is 103 Å². The highest BCUT2D eigenvalue weighted by Gasteiger charge is 2.26. The molecule has 0 aliphatic heterocycles. The van der Waals surface area contributed by atoms with Crippen LogP contribution in [0.4, 0.5) is 0 Å². The van der Waals surface area contributed by atoms with E-state index in [4.69, 9.17) is 5.73 Å². The smallest absolute Gasteiger partial charge is 0.224 e. The van der Waals surface area contributed by atoms with E-state index in [2.05, 4.69) is 5.32 Å². The monoisotopic (exact) mass is 250 g/mol. The zero-order valence-electron chi connectivity index (χ0n) is 9.98. The minimum Gasteiger partial charge on any atom is -0.393 e. The van der Waals surface area contributed by atoms with E-state index < -0.39 is 0 Å². The van der Waals surface area contributed by atoms with Crippen molar-refractivity contribution in [3.05, 3.63) is 0 Å². The fourth-order valence-corrected chi connectivity index (χ4v) is 1.89. The first-order valence-corrected chi connectivity index (χ1v) is 5.73. The maximum Gasteiger partial charge on any atom is 0.224 e. The van der Waals surface area contributed by atoms with Gasteiger partial charge >= 0.3 is 0 Å². The molecule has 0 aromatic rings. The normalized spacial score (nSPS) is 28.0. The first kappa shape index (κ1) is 15.7. The Kier molecular flexibility index (Phi) is 6.95. The maximum absolute atomic E-state index is 11.6. The maximum atomic E-state index is 11.6. The number of amides is 1. The number of hydrogen-bond donors (Lipinski definition) is 3. The van der Waals surface area contributed by atoms with E-state index in [1.165, 1.54) is 0 Å². The highest BCUT2D eigenvalue weighted by Crippen LogP contribution is 2.24. The zero-order valence-corrected chi connectivity index (χ0v) is 10.8. The van der Waals surface area contributed by atoms with Gasteiger partial charge in [-0.15, -0.1) is 12.4 Å². The minimum absolute atomic E-state index is 0. The molecule has 0 aromatic heterocycles. The molecule has 0 heterocycles. The Morgan fingerprint density at radius 3 is 2.56 bits per heavy atom. The van der Waals surface area contributed by atoms with Crippen molar-refractivity contribution in [1.29, 1.82) is 0 Å². The van der Waals surface area contributed by atoms with Crippen LogP contribution in [-0.2, 0) is 4.79 Å². The molecule has 4 N–H and O–H groups in total. The second-order valence-corrected chi connectivity index (χ2v) is 4.65. The standard InChI is InChI=1S/C11H22N2O2.ClH/c1-7(8(2)12)11(15)13-6-9-4-3-5-10(9)14;/h7-10,14H,3-6,12H2,1-2H3,(H,13,15);1H. The van der Waals surface area contributed by atoms with E-state index in [-0.39, 0.29) is 42.3 Å². The molecule has 4 atom stereocenters. The van der Waals surface area contributed by atoms with Crippen LogP contribution in [-0.4, -0.2) is 29.7 Å². The Hall–Kier alpha value is -0.320. The average molecular weight is 251 g/mol. The summed E-state index contributed by atoms with van der Waals surface area (Å²) in [6.07, 6.45) is 2.69. The van der Waals surface area contributed by atoms with Crippen LogP contribution < -0.4 is 11.1 Å². The van der Waals surface area contributed by atoms with E-state index in [9.17, 15) is 9.90 Å². The predicted molar refractivity (Wildman–Crippen MR) is 66.4 cm³/mol. The second kappa shape index (κ2) is 7.09. The van der Waals surface area contributed by atoms with Crippen LogP contribution in [0.2, 0.25) is 0 Å². The number of aliphatic hydroxyl groups is 1. The van der Waals surface area contributed by atoms with Crippen LogP contribution in [0.25, 0.3) is 0 Å². The zero-order chi connectivity index (χ0) is 11.4. The van der Waals surface area contributed by atoms with Gasteiger partial charge < -0.3 is 16.2 Å². The fraction of sp³-hybridized carbons (Fsp3) is 0.909. The second-order valence-electron chi connectivity index (χ2n) is 4.65. The molecule has 0 spiro atoms. The molecular weight excluding hydrogens is 228 g/mol. The van der Waals surface area contributed by atoms with Gasteiger partial charge in [0.05, 0.1) is 6.10 Å². The number of rotatable bonds is 4. The number of carbonyl (C=O) groups is 1. The topological polar surface area (TPSA) is 75.4 Å². The summed E-state index contributed by atoms with van der Waals surface area (Å²) in [5.74, 6) is 0.0573. The molecule has 4 unspecified atom stereocenters. The molecule has 0 radical (unpaired) electrons. The molecule has 5 heteroatoms. The summed E-state index contributed by atoms with van der Waals surface area (Å²) in [5, 5.41) is 12.4. The number of carbonyl (C=O) groups excluding carboxylic acids is 1. The molecule has 16 heavy (non-hydrogen) atoms. The van der Waals surface area contributed by atoms with E-state index in [0.717, 1.165) is 19.3 Å². The quantitative estimate of drug-likeness (QED) is 0.687. The van der Waals surface area contributed by atoms with E-state index in [1.807, 2.05) is 13.8 Å². The van der Waals surface area contributed by atoms with Crippen LogP contribution in [0.1, 0.15) is 33.1 Å². The number of aliphatic hydroxyl groups excluding tert-OH is 1. The van der Waals surface area contributed by atoms with Crippen LogP contribution in [0.5, 0.6) is 0 Å². The molecule has 1 fully saturated rings. The van der Waals surface area contributed by atoms with Gasteiger partial charge in [0, 0.05) is 24.4 Å². The summed E-state index contributed by atoms with van der Waals surface area (Å²) >= 11 is 0. The van der Waals surface area contributed by atoms with Crippen molar-refractivity contribution in [3.8, 4) is 0 Å². The van der Waals surface area contributed by atoms with Gasteiger partial charge in [0.2, 0.25) is 5.91 Å². The third-order valence-electron chi connectivity index (χ3n) is 3.36.